The lowest BCUT2D eigenvalue weighted by Crippen LogP contribution is -2.07. The lowest BCUT2D eigenvalue weighted by atomic mass is 10.1. The first-order valence-corrected chi connectivity index (χ1v) is 8.74. The number of thiazole rings is 1. The quantitative estimate of drug-likeness (QED) is 0.801. The summed E-state index contributed by atoms with van der Waals surface area (Å²) in [5.74, 6) is 1.38. The van der Waals surface area contributed by atoms with Gasteiger partial charge >= 0.3 is 0 Å². The van der Waals surface area contributed by atoms with Gasteiger partial charge in [0.2, 0.25) is 11.7 Å². The molecule has 1 N–H and O–H groups in total. The summed E-state index contributed by atoms with van der Waals surface area (Å²) < 4.78 is 15.9. The summed E-state index contributed by atoms with van der Waals surface area (Å²) in [6, 6.07) is 3.56. The predicted octanol–water partition coefficient (Wildman–Crippen LogP) is 3.31. The number of rotatable bonds is 6. The molecule has 7 heteroatoms. The van der Waals surface area contributed by atoms with Crippen molar-refractivity contribution in [2.75, 3.05) is 26.6 Å². The molecule has 3 rings (SSSR count). The maximum atomic E-state index is 12.1. The molecule has 0 spiro atoms. The van der Waals surface area contributed by atoms with Crippen LogP contribution in [-0.4, -0.2) is 32.2 Å². The van der Waals surface area contributed by atoms with Crippen LogP contribution in [0.25, 0.3) is 6.08 Å². The van der Waals surface area contributed by atoms with Gasteiger partial charge in [-0.1, -0.05) is 0 Å². The zero-order valence-electron chi connectivity index (χ0n) is 14.4. The maximum absolute atomic E-state index is 12.1. The molecule has 1 amide bonds. The van der Waals surface area contributed by atoms with Crippen molar-refractivity contribution in [2.24, 2.45) is 0 Å². The molecular weight excluding hydrogens is 340 g/mol. The summed E-state index contributed by atoms with van der Waals surface area (Å²) >= 11 is 1.56. The molecule has 0 saturated heterocycles. The van der Waals surface area contributed by atoms with E-state index in [0.29, 0.717) is 22.4 Å². The minimum absolute atomic E-state index is 0.221. The van der Waals surface area contributed by atoms with Crippen molar-refractivity contribution < 1.29 is 19.0 Å². The van der Waals surface area contributed by atoms with E-state index in [-0.39, 0.29) is 5.91 Å². The van der Waals surface area contributed by atoms with Crippen LogP contribution in [0.5, 0.6) is 17.2 Å². The molecule has 0 aliphatic heterocycles. The average molecular weight is 360 g/mol. The Kier molecular flexibility index (Phi) is 5.23. The normalized spacial score (nSPS) is 12.9. The number of nitrogens with zero attached hydrogens (tertiary/aromatic N) is 1. The molecule has 132 valence electrons. The number of aromatic nitrogens is 1. The fourth-order valence-electron chi connectivity index (χ4n) is 2.76. The number of carbonyl (C=O) groups is 1. The second-order valence-electron chi connectivity index (χ2n) is 5.52. The van der Waals surface area contributed by atoms with Gasteiger partial charge in [0.1, 0.15) is 0 Å². The molecule has 0 radical (unpaired) electrons. The maximum Gasteiger partial charge on any atom is 0.250 e. The van der Waals surface area contributed by atoms with Gasteiger partial charge in [-0.3, -0.25) is 10.1 Å². The van der Waals surface area contributed by atoms with Crippen molar-refractivity contribution in [1.29, 1.82) is 0 Å². The van der Waals surface area contributed by atoms with Gasteiger partial charge in [-0.15, -0.1) is 11.3 Å². The van der Waals surface area contributed by atoms with Crippen molar-refractivity contribution >= 4 is 28.5 Å². The Morgan fingerprint density at radius 1 is 1.16 bits per heavy atom. The van der Waals surface area contributed by atoms with Gasteiger partial charge in [-0.05, 0) is 43.0 Å². The van der Waals surface area contributed by atoms with Gasteiger partial charge < -0.3 is 14.2 Å². The molecule has 0 unspecified atom stereocenters. The van der Waals surface area contributed by atoms with Crippen LogP contribution < -0.4 is 19.5 Å². The lowest BCUT2D eigenvalue weighted by Gasteiger charge is -2.12. The van der Waals surface area contributed by atoms with Crippen molar-refractivity contribution in [3.8, 4) is 17.2 Å². The van der Waals surface area contributed by atoms with E-state index >= 15 is 0 Å². The highest BCUT2D eigenvalue weighted by Crippen LogP contribution is 2.38. The van der Waals surface area contributed by atoms with E-state index in [9.17, 15) is 4.79 Å². The highest BCUT2D eigenvalue weighted by atomic mass is 32.1. The Morgan fingerprint density at radius 3 is 2.48 bits per heavy atom. The van der Waals surface area contributed by atoms with E-state index in [1.807, 2.05) is 0 Å². The molecule has 1 aliphatic carbocycles. The first-order chi connectivity index (χ1) is 12.1. The first-order valence-electron chi connectivity index (χ1n) is 7.92. The summed E-state index contributed by atoms with van der Waals surface area (Å²) in [7, 11) is 4.66. The molecule has 6 nitrogen and oxygen atoms in total. The van der Waals surface area contributed by atoms with Crippen molar-refractivity contribution in [2.45, 2.75) is 19.3 Å². The summed E-state index contributed by atoms with van der Waals surface area (Å²) in [5.41, 5.74) is 1.89. The molecule has 2 aromatic rings. The number of hydrogen-bond donors (Lipinski definition) is 1. The number of fused-ring (bicyclic) bond motifs is 1. The zero-order chi connectivity index (χ0) is 17.8. The van der Waals surface area contributed by atoms with Crippen LogP contribution in [0.15, 0.2) is 18.2 Å². The van der Waals surface area contributed by atoms with Crippen LogP contribution in [0.4, 0.5) is 5.13 Å². The molecule has 0 atom stereocenters. The Morgan fingerprint density at radius 2 is 1.88 bits per heavy atom. The fraction of sp³-hybridized carbons (Fsp3) is 0.333. The number of aryl methyl sites for hydroxylation is 2. The monoisotopic (exact) mass is 360 g/mol. The number of benzene rings is 1. The Bertz CT molecular complexity index is 767. The molecular formula is C18H20N2O4S. The molecule has 1 heterocycles. The predicted molar refractivity (Wildman–Crippen MR) is 97.9 cm³/mol. The van der Waals surface area contributed by atoms with Crippen LogP contribution in [0.3, 0.4) is 0 Å². The van der Waals surface area contributed by atoms with Crippen LogP contribution in [0, 0.1) is 0 Å². The number of carbonyl (C=O) groups excluding carboxylic acids is 1. The lowest BCUT2D eigenvalue weighted by molar-refractivity contribution is -0.111. The zero-order valence-corrected chi connectivity index (χ0v) is 15.2. The second kappa shape index (κ2) is 7.57. The molecule has 1 aromatic carbocycles. The number of methoxy groups -OCH3 is 3. The molecule has 0 bridgehead atoms. The number of amides is 1. The molecule has 0 fully saturated rings. The van der Waals surface area contributed by atoms with Crippen molar-refractivity contribution in [1.82, 2.24) is 4.98 Å². The van der Waals surface area contributed by atoms with Gasteiger partial charge in [-0.2, -0.15) is 0 Å². The van der Waals surface area contributed by atoms with Crippen molar-refractivity contribution in [3.05, 3.63) is 34.3 Å². The SMILES string of the molecule is COc1cc(C=CC(=O)Nc2nc3c(s2)CCC3)cc(OC)c1OC. The van der Waals surface area contributed by atoms with E-state index in [4.69, 9.17) is 14.2 Å². The van der Waals surface area contributed by atoms with Crippen LogP contribution >= 0.6 is 11.3 Å². The number of anilines is 1. The highest BCUT2D eigenvalue weighted by molar-refractivity contribution is 7.15. The van der Waals surface area contributed by atoms with E-state index in [0.717, 1.165) is 30.5 Å². The number of nitrogens with one attached hydrogen (secondary N) is 1. The number of ether oxygens (including phenoxy) is 3. The fourth-order valence-corrected chi connectivity index (χ4v) is 3.81. The third-order valence-corrected chi connectivity index (χ3v) is 5.01. The van der Waals surface area contributed by atoms with Crippen molar-refractivity contribution in [3.63, 3.8) is 0 Å². The molecule has 0 saturated carbocycles. The topological polar surface area (TPSA) is 69.7 Å². The summed E-state index contributed by atoms with van der Waals surface area (Å²) in [5, 5.41) is 3.47. The smallest absolute Gasteiger partial charge is 0.250 e. The van der Waals surface area contributed by atoms with E-state index < -0.39 is 0 Å². The molecule has 25 heavy (non-hydrogen) atoms. The van der Waals surface area contributed by atoms with Gasteiger partial charge in [0.25, 0.3) is 0 Å². The third-order valence-electron chi connectivity index (χ3n) is 3.94. The van der Waals surface area contributed by atoms with Gasteiger partial charge in [-0.25, -0.2) is 4.98 Å². The van der Waals surface area contributed by atoms with Gasteiger partial charge in [0, 0.05) is 11.0 Å². The Hall–Kier alpha value is -2.54. The Balaban J connectivity index is 1.73. The average Bonchev–Trinajstić information content (AvgIpc) is 3.20. The summed E-state index contributed by atoms with van der Waals surface area (Å²) in [4.78, 5) is 17.9. The van der Waals surface area contributed by atoms with Crippen LogP contribution in [-0.2, 0) is 17.6 Å². The Labute approximate surface area is 150 Å². The van der Waals surface area contributed by atoms with E-state index in [1.54, 1.807) is 50.9 Å². The van der Waals surface area contributed by atoms with Crippen LogP contribution in [0.1, 0.15) is 22.6 Å². The largest absolute Gasteiger partial charge is 0.493 e. The molecule has 1 aliphatic rings. The third kappa shape index (κ3) is 3.76. The standard InChI is InChI=1S/C18H20N2O4S/c1-22-13-9-11(10-14(23-2)17(13)24-3)7-8-16(21)20-18-19-12-5-4-6-15(12)25-18/h7-10H,4-6H2,1-3H3,(H,19,20,21). The minimum atomic E-state index is -0.221. The summed E-state index contributed by atoms with van der Waals surface area (Å²) in [6.45, 7) is 0. The molecule has 1 aromatic heterocycles. The summed E-state index contributed by atoms with van der Waals surface area (Å²) in [6.07, 6.45) is 6.38. The van der Waals surface area contributed by atoms with Crippen LogP contribution in [0.2, 0.25) is 0 Å². The highest BCUT2D eigenvalue weighted by Gasteiger charge is 2.17. The van der Waals surface area contributed by atoms with Gasteiger partial charge in [0.05, 0.1) is 27.0 Å². The minimum Gasteiger partial charge on any atom is -0.493 e. The van der Waals surface area contributed by atoms with E-state index in [2.05, 4.69) is 10.3 Å². The van der Waals surface area contributed by atoms with Gasteiger partial charge in [0.15, 0.2) is 16.6 Å². The first kappa shape index (κ1) is 17.3. The second-order valence-corrected chi connectivity index (χ2v) is 6.61. The van der Waals surface area contributed by atoms with E-state index in [1.165, 1.54) is 11.0 Å². The number of hydrogen-bond acceptors (Lipinski definition) is 6.